The largest absolute Gasteiger partial charge is 0.481 e. The molecule has 0 bridgehead atoms. The molecule has 0 saturated carbocycles. The van der Waals surface area contributed by atoms with Crippen molar-refractivity contribution >= 4 is 38.4 Å². The van der Waals surface area contributed by atoms with Gasteiger partial charge in [-0.15, -0.1) is 0 Å². The van der Waals surface area contributed by atoms with Gasteiger partial charge < -0.3 is 9.47 Å². The van der Waals surface area contributed by atoms with Crippen LogP contribution in [0.1, 0.15) is 6.92 Å². The average molecular weight is 421 g/mol. The zero-order chi connectivity index (χ0) is 20.3. The molecule has 1 N–H and O–H groups in total. The first-order valence-electron chi connectivity index (χ1n) is 8.22. The lowest BCUT2D eigenvalue weighted by atomic mass is 10.2. The fourth-order valence-corrected chi connectivity index (χ4v) is 3.08. The number of sulfonamides is 1. The van der Waals surface area contributed by atoms with Gasteiger partial charge in [-0.05, 0) is 55.5 Å². The number of ether oxygens (including phenoxy) is 2. The van der Waals surface area contributed by atoms with E-state index in [0.717, 1.165) is 17.2 Å². The molecule has 0 aliphatic carbocycles. The molecule has 0 fully saturated rings. The summed E-state index contributed by atoms with van der Waals surface area (Å²) in [6.45, 7) is 1.45. The first kappa shape index (κ1) is 19.9. The van der Waals surface area contributed by atoms with Crippen molar-refractivity contribution in [2.45, 2.75) is 13.0 Å². The van der Waals surface area contributed by atoms with Gasteiger partial charge in [0.1, 0.15) is 11.5 Å². The van der Waals surface area contributed by atoms with E-state index >= 15 is 0 Å². The van der Waals surface area contributed by atoms with Crippen LogP contribution in [0.5, 0.6) is 17.4 Å². The Hall–Kier alpha value is -2.84. The predicted molar refractivity (Wildman–Crippen MR) is 106 cm³/mol. The van der Waals surface area contributed by atoms with Crippen LogP contribution in [0.15, 0.2) is 54.6 Å². The molecule has 9 heteroatoms. The maximum atomic E-state index is 11.7. The zero-order valence-electron chi connectivity index (χ0n) is 15.0. The van der Waals surface area contributed by atoms with Crippen molar-refractivity contribution < 1.29 is 22.7 Å². The quantitative estimate of drug-likeness (QED) is 0.655. The highest BCUT2D eigenvalue weighted by Crippen LogP contribution is 2.26. The van der Waals surface area contributed by atoms with Gasteiger partial charge in [0.15, 0.2) is 6.10 Å². The summed E-state index contributed by atoms with van der Waals surface area (Å²) < 4.78 is 35.2. The SMILES string of the molecule is CC(Oc1ccc(Oc2ccc3cc(Cl)ccc3n2)cc1)C(=O)NS(C)(=O)=O. The summed E-state index contributed by atoms with van der Waals surface area (Å²) in [6.07, 6.45) is -0.0745. The summed E-state index contributed by atoms with van der Waals surface area (Å²) in [5.74, 6) is 0.596. The Morgan fingerprint density at radius 2 is 1.75 bits per heavy atom. The topological polar surface area (TPSA) is 94.6 Å². The number of fused-ring (bicyclic) bond motifs is 1. The van der Waals surface area contributed by atoms with Crippen LogP contribution in [-0.2, 0) is 14.8 Å². The second-order valence-electron chi connectivity index (χ2n) is 6.06. The summed E-state index contributed by atoms with van der Waals surface area (Å²) >= 11 is 5.96. The molecule has 0 aliphatic heterocycles. The number of pyridine rings is 1. The monoisotopic (exact) mass is 420 g/mol. The number of benzene rings is 2. The van der Waals surface area contributed by atoms with Crippen molar-refractivity contribution in [2.75, 3.05) is 6.26 Å². The minimum Gasteiger partial charge on any atom is -0.481 e. The van der Waals surface area contributed by atoms with Crippen molar-refractivity contribution in [1.29, 1.82) is 0 Å². The Balaban J connectivity index is 1.66. The van der Waals surface area contributed by atoms with Crippen molar-refractivity contribution in [3.63, 3.8) is 0 Å². The van der Waals surface area contributed by atoms with Gasteiger partial charge in [-0.3, -0.25) is 9.52 Å². The van der Waals surface area contributed by atoms with Crippen LogP contribution in [0, 0.1) is 0 Å². The Morgan fingerprint density at radius 3 is 2.43 bits per heavy atom. The van der Waals surface area contributed by atoms with E-state index in [9.17, 15) is 13.2 Å². The number of carbonyl (C=O) groups is 1. The predicted octanol–water partition coefficient (Wildman–Crippen LogP) is 3.52. The Kier molecular flexibility index (Phi) is 5.71. The number of nitrogens with zero attached hydrogens (tertiary/aromatic N) is 1. The van der Waals surface area contributed by atoms with Gasteiger partial charge in [-0.1, -0.05) is 11.6 Å². The van der Waals surface area contributed by atoms with Gasteiger partial charge in [0.2, 0.25) is 15.9 Å². The first-order chi connectivity index (χ1) is 13.2. The van der Waals surface area contributed by atoms with Gasteiger partial charge in [-0.25, -0.2) is 13.4 Å². The third-order valence-electron chi connectivity index (χ3n) is 3.64. The van der Waals surface area contributed by atoms with E-state index in [0.29, 0.717) is 22.4 Å². The Morgan fingerprint density at radius 1 is 1.07 bits per heavy atom. The number of amides is 1. The van der Waals surface area contributed by atoms with E-state index in [1.807, 2.05) is 22.9 Å². The number of aromatic nitrogens is 1. The summed E-state index contributed by atoms with van der Waals surface area (Å²) in [5, 5.41) is 1.54. The maximum absolute atomic E-state index is 11.7. The lowest BCUT2D eigenvalue weighted by molar-refractivity contribution is -0.125. The van der Waals surface area contributed by atoms with Gasteiger partial charge >= 0.3 is 0 Å². The van der Waals surface area contributed by atoms with Crippen LogP contribution in [0.4, 0.5) is 0 Å². The molecule has 7 nitrogen and oxygen atoms in total. The van der Waals surface area contributed by atoms with E-state index in [1.165, 1.54) is 6.92 Å². The Bertz CT molecular complexity index is 1120. The third-order valence-corrected chi connectivity index (χ3v) is 4.45. The van der Waals surface area contributed by atoms with Crippen LogP contribution < -0.4 is 14.2 Å². The zero-order valence-corrected chi connectivity index (χ0v) is 16.6. The van der Waals surface area contributed by atoms with Gasteiger partial charge in [0.25, 0.3) is 5.91 Å². The molecule has 1 unspecified atom stereocenters. The maximum Gasteiger partial charge on any atom is 0.274 e. The highest BCUT2D eigenvalue weighted by Gasteiger charge is 2.18. The number of hydrogen-bond acceptors (Lipinski definition) is 6. The van der Waals surface area contributed by atoms with E-state index in [4.69, 9.17) is 21.1 Å². The summed E-state index contributed by atoms with van der Waals surface area (Å²) in [5.41, 5.74) is 0.757. The average Bonchev–Trinajstić information content (AvgIpc) is 2.62. The molecule has 1 heterocycles. The van der Waals surface area contributed by atoms with Crippen LogP contribution >= 0.6 is 11.6 Å². The summed E-state index contributed by atoms with van der Waals surface area (Å²) in [7, 11) is -3.63. The van der Waals surface area contributed by atoms with Crippen molar-refractivity contribution in [3.05, 3.63) is 59.6 Å². The second-order valence-corrected chi connectivity index (χ2v) is 8.24. The highest BCUT2D eigenvalue weighted by atomic mass is 35.5. The van der Waals surface area contributed by atoms with E-state index in [2.05, 4.69) is 4.98 Å². The molecule has 28 heavy (non-hydrogen) atoms. The van der Waals surface area contributed by atoms with Crippen molar-refractivity contribution in [1.82, 2.24) is 9.71 Å². The molecule has 146 valence electrons. The van der Waals surface area contributed by atoms with Gasteiger partial charge in [0, 0.05) is 16.5 Å². The van der Waals surface area contributed by atoms with Crippen molar-refractivity contribution in [2.24, 2.45) is 0 Å². The normalized spacial score (nSPS) is 12.4. The van der Waals surface area contributed by atoms with Crippen LogP contribution in [-0.4, -0.2) is 31.7 Å². The second kappa shape index (κ2) is 8.04. The molecule has 1 aromatic heterocycles. The minimum absolute atomic E-state index is 0.393. The van der Waals surface area contributed by atoms with Crippen LogP contribution in [0.3, 0.4) is 0 Å². The van der Waals surface area contributed by atoms with Crippen molar-refractivity contribution in [3.8, 4) is 17.4 Å². The first-order valence-corrected chi connectivity index (χ1v) is 10.5. The molecule has 0 spiro atoms. The standard InChI is InChI=1S/C19H17ClN2O5S/c1-12(19(23)22-28(2,24)25)26-15-5-7-16(8-6-15)27-18-10-3-13-11-14(20)4-9-17(13)21-18/h3-12H,1-2H3,(H,22,23). The molecule has 2 aromatic carbocycles. The minimum atomic E-state index is -3.63. The molecular formula is C19H17ClN2O5S. The number of halogens is 1. The van der Waals surface area contributed by atoms with E-state index in [-0.39, 0.29) is 0 Å². The van der Waals surface area contributed by atoms with Gasteiger partial charge in [0.05, 0.1) is 11.8 Å². The number of rotatable bonds is 6. The summed E-state index contributed by atoms with van der Waals surface area (Å²) in [4.78, 5) is 16.2. The molecular weight excluding hydrogens is 404 g/mol. The lowest BCUT2D eigenvalue weighted by Gasteiger charge is -2.14. The third kappa shape index (κ3) is 5.34. The summed E-state index contributed by atoms with van der Waals surface area (Å²) in [6, 6.07) is 15.5. The molecule has 3 rings (SSSR count). The molecule has 0 saturated heterocycles. The number of nitrogens with one attached hydrogen (secondary N) is 1. The fourth-order valence-electron chi connectivity index (χ4n) is 2.36. The fraction of sp³-hybridized carbons (Fsp3) is 0.158. The van der Waals surface area contributed by atoms with Gasteiger partial charge in [-0.2, -0.15) is 0 Å². The molecule has 0 radical (unpaired) electrons. The Labute approximate surface area is 167 Å². The molecule has 1 amide bonds. The number of hydrogen-bond donors (Lipinski definition) is 1. The molecule has 1 atom stereocenters. The van der Waals surface area contributed by atoms with E-state index < -0.39 is 22.0 Å². The van der Waals surface area contributed by atoms with Crippen LogP contribution in [0.2, 0.25) is 5.02 Å². The van der Waals surface area contributed by atoms with E-state index in [1.54, 1.807) is 36.4 Å². The number of carbonyl (C=O) groups excluding carboxylic acids is 1. The van der Waals surface area contributed by atoms with Crippen LogP contribution in [0.25, 0.3) is 10.9 Å². The molecule has 3 aromatic rings. The highest BCUT2D eigenvalue weighted by molar-refractivity contribution is 7.89. The molecule has 0 aliphatic rings. The lowest BCUT2D eigenvalue weighted by Crippen LogP contribution is -2.39. The smallest absolute Gasteiger partial charge is 0.274 e.